The molecule has 0 aromatic heterocycles. The number of ether oxygens (including phenoxy) is 1. The first kappa shape index (κ1) is 9.89. The van der Waals surface area contributed by atoms with Crippen molar-refractivity contribution in [2.75, 3.05) is 19.8 Å². The molecule has 2 unspecified atom stereocenters. The summed E-state index contributed by atoms with van der Waals surface area (Å²) in [5, 5.41) is 0. The molecule has 2 saturated heterocycles. The monoisotopic (exact) mass is 201 g/mol. The zero-order chi connectivity index (χ0) is 9.15. The van der Waals surface area contributed by atoms with E-state index in [0.29, 0.717) is 0 Å². The molecule has 2 aliphatic heterocycles. The van der Waals surface area contributed by atoms with Gasteiger partial charge in [0.1, 0.15) is 5.72 Å². The van der Waals surface area contributed by atoms with Gasteiger partial charge in [-0.1, -0.05) is 8.73 Å². The molecule has 2 atom stereocenters. The molecule has 2 aliphatic rings. The molecule has 0 aliphatic carbocycles. The molecule has 2 heterocycles. The topological polar surface area (TPSA) is 12.5 Å². The molecular formula is C10H20NOP. The summed E-state index contributed by atoms with van der Waals surface area (Å²) < 4.78 is 8.62. The van der Waals surface area contributed by atoms with Crippen molar-refractivity contribution in [3.05, 3.63) is 0 Å². The zero-order valence-electron chi connectivity index (χ0n) is 8.51. The van der Waals surface area contributed by atoms with E-state index in [1.165, 1.54) is 45.1 Å². The molecule has 0 saturated carbocycles. The fraction of sp³-hybridized carbons (Fsp3) is 1.00. The van der Waals surface area contributed by atoms with E-state index in [9.17, 15) is 0 Å². The minimum atomic E-state index is 0.170. The van der Waals surface area contributed by atoms with Crippen LogP contribution in [0.5, 0.6) is 0 Å². The van der Waals surface area contributed by atoms with Crippen LogP contribution in [0.2, 0.25) is 0 Å². The van der Waals surface area contributed by atoms with Gasteiger partial charge in [0.05, 0.1) is 0 Å². The van der Waals surface area contributed by atoms with E-state index in [4.69, 9.17) is 4.74 Å². The van der Waals surface area contributed by atoms with Crippen molar-refractivity contribution in [1.29, 1.82) is 0 Å². The summed E-state index contributed by atoms with van der Waals surface area (Å²) in [4.78, 5) is 0. The van der Waals surface area contributed by atoms with Crippen molar-refractivity contribution >= 4 is 8.73 Å². The Kier molecular flexibility index (Phi) is 3.23. The summed E-state index contributed by atoms with van der Waals surface area (Å²) in [6.07, 6.45) is 7.90. The largest absolute Gasteiger partial charge is 0.360 e. The lowest BCUT2D eigenvalue weighted by molar-refractivity contribution is -0.161. The molecule has 13 heavy (non-hydrogen) atoms. The van der Waals surface area contributed by atoms with Gasteiger partial charge in [-0.25, -0.2) is 0 Å². The Balaban J connectivity index is 2.06. The van der Waals surface area contributed by atoms with Crippen LogP contribution in [0.15, 0.2) is 0 Å². The second-order valence-electron chi connectivity index (χ2n) is 4.08. The standard InChI is InChI=1S/C10H20NOP/c1-13-11-8-4-2-6-10(11)7-3-5-9-12-10/h13H,2-9H2,1H3. The highest BCUT2D eigenvalue weighted by Crippen LogP contribution is 2.41. The maximum absolute atomic E-state index is 6.04. The highest BCUT2D eigenvalue weighted by Gasteiger charge is 2.40. The minimum absolute atomic E-state index is 0.170. The molecule has 3 heteroatoms. The van der Waals surface area contributed by atoms with Crippen LogP contribution < -0.4 is 0 Å². The van der Waals surface area contributed by atoms with Crippen LogP contribution in [0, 0.1) is 0 Å². The van der Waals surface area contributed by atoms with Gasteiger partial charge in [-0.15, -0.1) is 0 Å². The molecule has 0 aromatic carbocycles. The van der Waals surface area contributed by atoms with E-state index in [1.807, 2.05) is 0 Å². The molecular weight excluding hydrogens is 181 g/mol. The lowest BCUT2D eigenvalue weighted by atomic mass is 9.93. The Morgan fingerprint density at radius 2 is 1.92 bits per heavy atom. The number of hydrogen-bond acceptors (Lipinski definition) is 2. The normalized spacial score (nSPS) is 37.6. The van der Waals surface area contributed by atoms with E-state index in [0.717, 1.165) is 15.3 Å². The third-order valence-corrected chi connectivity index (χ3v) is 4.46. The Labute approximate surface area is 82.9 Å². The molecule has 0 radical (unpaired) electrons. The highest BCUT2D eigenvalue weighted by molar-refractivity contribution is 7.34. The summed E-state index contributed by atoms with van der Waals surface area (Å²) in [7, 11) is 0.917. The van der Waals surface area contributed by atoms with E-state index in [-0.39, 0.29) is 5.72 Å². The third kappa shape index (κ3) is 1.91. The smallest absolute Gasteiger partial charge is 0.124 e. The molecule has 2 nitrogen and oxygen atoms in total. The number of hydrogen-bond donors (Lipinski definition) is 0. The molecule has 0 aromatic rings. The van der Waals surface area contributed by atoms with Gasteiger partial charge in [0.15, 0.2) is 0 Å². The fourth-order valence-electron chi connectivity index (χ4n) is 2.57. The van der Waals surface area contributed by atoms with Gasteiger partial charge in [-0.2, -0.15) is 0 Å². The Bertz CT molecular complexity index is 160. The quantitative estimate of drug-likeness (QED) is 0.605. The lowest BCUT2D eigenvalue weighted by Gasteiger charge is -2.48. The lowest BCUT2D eigenvalue weighted by Crippen LogP contribution is -2.51. The van der Waals surface area contributed by atoms with Gasteiger partial charge in [0.2, 0.25) is 0 Å². The summed E-state index contributed by atoms with van der Waals surface area (Å²) in [5.74, 6) is 0. The van der Waals surface area contributed by atoms with Crippen LogP contribution >= 0.6 is 8.73 Å². The maximum Gasteiger partial charge on any atom is 0.124 e. The summed E-state index contributed by atoms with van der Waals surface area (Å²) in [6.45, 7) is 4.53. The average Bonchev–Trinajstić information content (AvgIpc) is 2.20. The molecule has 0 bridgehead atoms. The van der Waals surface area contributed by atoms with E-state index >= 15 is 0 Å². The van der Waals surface area contributed by atoms with Crippen LogP contribution in [0.25, 0.3) is 0 Å². The number of rotatable bonds is 1. The van der Waals surface area contributed by atoms with E-state index < -0.39 is 0 Å². The Morgan fingerprint density at radius 1 is 1.15 bits per heavy atom. The van der Waals surface area contributed by atoms with Gasteiger partial charge in [-0.3, -0.25) is 4.67 Å². The first-order valence-electron chi connectivity index (χ1n) is 5.46. The molecule has 1 spiro atoms. The Morgan fingerprint density at radius 3 is 2.54 bits per heavy atom. The first-order chi connectivity index (χ1) is 6.37. The van der Waals surface area contributed by atoms with Crippen LogP contribution in [0.3, 0.4) is 0 Å². The second kappa shape index (κ2) is 4.25. The van der Waals surface area contributed by atoms with Gasteiger partial charge in [0.25, 0.3) is 0 Å². The Hall–Kier alpha value is 0.350. The zero-order valence-corrected chi connectivity index (χ0v) is 9.51. The molecule has 2 rings (SSSR count). The fourth-order valence-corrected chi connectivity index (χ4v) is 3.65. The van der Waals surface area contributed by atoms with Gasteiger partial charge >= 0.3 is 0 Å². The van der Waals surface area contributed by atoms with Crippen LogP contribution in [0.4, 0.5) is 0 Å². The SMILES string of the molecule is CPN1CCCCC12CCCCO2. The van der Waals surface area contributed by atoms with Gasteiger partial charge in [-0.05, 0) is 45.2 Å². The number of piperidine rings is 1. The molecule has 0 N–H and O–H groups in total. The third-order valence-electron chi connectivity index (χ3n) is 3.29. The second-order valence-corrected chi connectivity index (χ2v) is 5.07. The van der Waals surface area contributed by atoms with Crippen LogP contribution in [-0.2, 0) is 4.74 Å². The predicted octanol–water partition coefficient (Wildman–Crippen LogP) is 2.59. The summed E-state index contributed by atoms with van der Waals surface area (Å²) in [5.41, 5.74) is 0.170. The van der Waals surface area contributed by atoms with Gasteiger partial charge in [0, 0.05) is 13.2 Å². The molecule has 2 fully saturated rings. The summed E-state index contributed by atoms with van der Waals surface area (Å²) in [6, 6.07) is 0. The first-order valence-corrected chi connectivity index (χ1v) is 6.91. The predicted molar refractivity (Wildman–Crippen MR) is 57.3 cm³/mol. The van der Waals surface area contributed by atoms with Crippen molar-refractivity contribution in [3.63, 3.8) is 0 Å². The van der Waals surface area contributed by atoms with Gasteiger partial charge < -0.3 is 4.74 Å². The maximum atomic E-state index is 6.04. The van der Waals surface area contributed by atoms with Crippen LogP contribution in [0.1, 0.15) is 38.5 Å². The van der Waals surface area contributed by atoms with Crippen molar-refractivity contribution < 1.29 is 4.74 Å². The number of nitrogens with zero attached hydrogens (tertiary/aromatic N) is 1. The van der Waals surface area contributed by atoms with Crippen molar-refractivity contribution in [1.82, 2.24) is 4.67 Å². The molecule has 0 amide bonds. The summed E-state index contributed by atoms with van der Waals surface area (Å²) >= 11 is 0. The van der Waals surface area contributed by atoms with Crippen molar-refractivity contribution in [3.8, 4) is 0 Å². The van der Waals surface area contributed by atoms with Crippen molar-refractivity contribution in [2.24, 2.45) is 0 Å². The van der Waals surface area contributed by atoms with Crippen molar-refractivity contribution in [2.45, 2.75) is 44.2 Å². The van der Waals surface area contributed by atoms with E-state index in [1.54, 1.807) is 0 Å². The van der Waals surface area contributed by atoms with E-state index in [2.05, 4.69) is 11.3 Å². The highest BCUT2D eigenvalue weighted by atomic mass is 31.1. The minimum Gasteiger partial charge on any atom is -0.360 e. The molecule has 76 valence electrons. The van der Waals surface area contributed by atoms with Crippen LogP contribution in [-0.4, -0.2) is 30.2 Å². The average molecular weight is 201 g/mol.